The van der Waals surface area contributed by atoms with Crippen LogP contribution in [0.2, 0.25) is 0 Å². The normalized spacial score (nSPS) is 16.6. The molecule has 1 heterocycles. The van der Waals surface area contributed by atoms with Gasteiger partial charge in [-0.25, -0.2) is 4.39 Å². The Morgan fingerprint density at radius 3 is 2.62 bits per heavy atom. The number of carbonyl (C=O) groups excluding carboxylic acids is 2. The van der Waals surface area contributed by atoms with Gasteiger partial charge in [0.2, 0.25) is 11.8 Å². The van der Waals surface area contributed by atoms with Gasteiger partial charge in [0.15, 0.2) is 0 Å². The minimum atomic E-state index is -0.647. The molecule has 1 aliphatic rings. The number of benzene rings is 2. The smallest absolute Gasteiger partial charge is 0.293 e. The van der Waals surface area contributed by atoms with Crippen molar-refractivity contribution in [2.75, 3.05) is 16.8 Å². The minimum absolute atomic E-state index is 0.0110. The molecule has 7 nitrogen and oxygen atoms in total. The molecule has 0 radical (unpaired) electrons. The number of nitrogens with one attached hydrogen (secondary N) is 1. The summed E-state index contributed by atoms with van der Waals surface area (Å²) in [6, 6.07) is 9.94. The zero-order valence-electron chi connectivity index (χ0n) is 13.9. The van der Waals surface area contributed by atoms with E-state index < -0.39 is 22.6 Å². The van der Waals surface area contributed by atoms with Gasteiger partial charge in [-0.2, -0.15) is 0 Å². The maximum atomic E-state index is 13.0. The number of hydrogen-bond acceptors (Lipinski definition) is 4. The summed E-state index contributed by atoms with van der Waals surface area (Å²) in [4.78, 5) is 36.8. The maximum absolute atomic E-state index is 13.0. The van der Waals surface area contributed by atoms with Gasteiger partial charge in [-0.3, -0.25) is 19.7 Å². The number of carbonyl (C=O) groups is 2. The Morgan fingerprint density at radius 2 is 1.96 bits per heavy atom. The van der Waals surface area contributed by atoms with E-state index >= 15 is 0 Å². The van der Waals surface area contributed by atoms with Gasteiger partial charge in [0.05, 0.1) is 10.8 Å². The molecule has 2 aromatic carbocycles. The van der Waals surface area contributed by atoms with Gasteiger partial charge in [0, 0.05) is 24.7 Å². The lowest BCUT2D eigenvalue weighted by Crippen LogP contribution is -2.28. The molecule has 0 saturated carbocycles. The molecule has 0 spiro atoms. The fraction of sp³-hybridized carbons (Fsp3) is 0.222. The van der Waals surface area contributed by atoms with Gasteiger partial charge in [0.1, 0.15) is 11.5 Å². The first-order valence-electron chi connectivity index (χ1n) is 7.97. The number of nitro groups is 1. The van der Waals surface area contributed by atoms with Crippen molar-refractivity contribution in [3.05, 3.63) is 64.0 Å². The van der Waals surface area contributed by atoms with Crippen LogP contribution in [0.3, 0.4) is 0 Å². The summed E-state index contributed by atoms with van der Waals surface area (Å²) in [6.45, 7) is 1.79. The van der Waals surface area contributed by atoms with Crippen molar-refractivity contribution in [3.8, 4) is 0 Å². The third-order valence-corrected chi connectivity index (χ3v) is 4.33. The molecule has 2 amide bonds. The molecule has 134 valence electrons. The second-order valence-corrected chi connectivity index (χ2v) is 6.10. The lowest BCUT2D eigenvalue weighted by molar-refractivity contribution is -0.384. The maximum Gasteiger partial charge on any atom is 0.293 e. The molecule has 26 heavy (non-hydrogen) atoms. The van der Waals surface area contributed by atoms with Crippen LogP contribution in [0.15, 0.2) is 42.5 Å². The molecule has 2 aromatic rings. The van der Waals surface area contributed by atoms with E-state index in [2.05, 4.69) is 5.32 Å². The van der Waals surface area contributed by atoms with Gasteiger partial charge < -0.3 is 10.2 Å². The number of nitro benzene ring substituents is 1. The molecule has 1 fully saturated rings. The highest BCUT2D eigenvalue weighted by Crippen LogP contribution is 2.30. The standard InChI is InChI=1S/C18H16FN3O4/c1-11-3-2-4-15(22(25)26)17(11)20-18(24)12-9-16(23)21(10-12)14-7-5-13(19)6-8-14/h2-8,12H,9-10H2,1H3,(H,20,24). The Labute approximate surface area is 148 Å². The van der Waals surface area contributed by atoms with Gasteiger partial charge in [-0.1, -0.05) is 12.1 Å². The predicted octanol–water partition coefficient (Wildman–Crippen LogP) is 3.03. The van der Waals surface area contributed by atoms with E-state index in [-0.39, 0.29) is 30.2 Å². The van der Waals surface area contributed by atoms with Gasteiger partial charge in [-0.15, -0.1) is 0 Å². The summed E-state index contributed by atoms with van der Waals surface area (Å²) in [5.41, 5.74) is 1.01. The fourth-order valence-corrected chi connectivity index (χ4v) is 2.95. The second kappa shape index (κ2) is 6.91. The van der Waals surface area contributed by atoms with Crippen molar-refractivity contribution in [1.82, 2.24) is 0 Å². The zero-order chi connectivity index (χ0) is 18.8. The van der Waals surface area contributed by atoms with Crippen LogP contribution in [0, 0.1) is 28.8 Å². The Balaban J connectivity index is 1.77. The number of hydrogen-bond donors (Lipinski definition) is 1. The Kier molecular flexibility index (Phi) is 4.66. The first kappa shape index (κ1) is 17.5. The van der Waals surface area contributed by atoms with E-state index in [1.807, 2.05) is 0 Å². The molecule has 1 atom stereocenters. The summed E-state index contributed by atoms with van der Waals surface area (Å²) in [5, 5.41) is 13.7. The first-order valence-corrected chi connectivity index (χ1v) is 7.97. The van der Waals surface area contributed by atoms with Crippen LogP contribution in [-0.4, -0.2) is 23.3 Å². The molecule has 1 saturated heterocycles. The van der Waals surface area contributed by atoms with Crippen molar-refractivity contribution in [1.29, 1.82) is 0 Å². The topological polar surface area (TPSA) is 92.5 Å². The molecule has 1 N–H and O–H groups in total. The van der Waals surface area contributed by atoms with E-state index in [1.54, 1.807) is 19.1 Å². The van der Waals surface area contributed by atoms with Gasteiger partial charge in [-0.05, 0) is 36.8 Å². The molecule has 0 bridgehead atoms. The van der Waals surface area contributed by atoms with Crippen LogP contribution in [0.25, 0.3) is 0 Å². The number of amides is 2. The SMILES string of the molecule is Cc1cccc([N+](=O)[O-])c1NC(=O)C1CC(=O)N(c2ccc(F)cc2)C1. The highest BCUT2D eigenvalue weighted by Gasteiger charge is 2.36. The second-order valence-electron chi connectivity index (χ2n) is 6.10. The molecule has 1 aliphatic heterocycles. The number of anilines is 2. The first-order chi connectivity index (χ1) is 12.4. The molecule has 8 heteroatoms. The third kappa shape index (κ3) is 3.39. The Hall–Kier alpha value is -3.29. The molecular weight excluding hydrogens is 341 g/mol. The van der Waals surface area contributed by atoms with E-state index in [4.69, 9.17) is 0 Å². The minimum Gasteiger partial charge on any atom is -0.320 e. The third-order valence-electron chi connectivity index (χ3n) is 4.33. The lowest BCUT2D eigenvalue weighted by atomic mass is 10.1. The number of aryl methyl sites for hydroxylation is 1. The number of nitrogens with zero attached hydrogens (tertiary/aromatic N) is 2. The molecule has 1 unspecified atom stereocenters. The van der Waals surface area contributed by atoms with Crippen molar-refractivity contribution in [2.45, 2.75) is 13.3 Å². The molecule has 3 rings (SSSR count). The van der Waals surface area contributed by atoms with E-state index in [1.165, 1.54) is 35.2 Å². The summed E-state index contributed by atoms with van der Waals surface area (Å²) >= 11 is 0. The van der Waals surface area contributed by atoms with E-state index in [0.717, 1.165) is 0 Å². The quantitative estimate of drug-likeness (QED) is 0.672. The summed E-state index contributed by atoms with van der Waals surface area (Å²) in [7, 11) is 0. The van der Waals surface area contributed by atoms with Crippen LogP contribution in [0.1, 0.15) is 12.0 Å². The molecule has 0 aliphatic carbocycles. The molecular formula is C18H16FN3O4. The van der Waals surface area contributed by atoms with E-state index in [9.17, 15) is 24.1 Å². The van der Waals surface area contributed by atoms with Crippen molar-refractivity contribution < 1.29 is 18.9 Å². The highest BCUT2D eigenvalue weighted by atomic mass is 19.1. The van der Waals surface area contributed by atoms with Crippen LogP contribution in [0.5, 0.6) is 0 Å². The van der Waals surface area contributed by atoms with Crippen molar-refractivity contribution >= 4 is 28.9 Å². The van der Waals surface area contributed by atoms with Crippen LogP contribution in [-0.2, 0) is 9.59 Å². The van der Waals surface area contributed by atoms with Gasteiger partial charge in [0.25, 0.3) is 5.69 Å². The van der Waals surface area contributed by atoms with Crippen LogP contribution in [0.4, 0.5) is 21.5 Å². The summed E-state index contributed by atoms with van der Waals surface area (Å²) in [6.07, 6.45) is -0.0110. The number of rotatable bonds is 4. The zero-order valence-corrected chi connectivity index (χ0v) is 13.9. The molecule has 0 aromatic heterocycles. The Bertz CT molecular complexity index is 883. The predicted molar refractivity (Wildman–Crippen MR) is 93.3 cm³/mol. The van der Waals surface area contributed by atoms with Crippen LogP contribution >= 0.6 is 0 Å². The highest BCUT2D eigenvalue weighted by molar-refractivity contribution is 6.04. The average Bonchev–Trinajstić information content (AvgIpc) is 2.99. The number of halogens is 1. The van der Waals surface area contributed by atoms with Crippen molar-refractivity contribution in [2.24, 2.45) is 5.92 Å². The van der Waals surface area contributed by atoms with Crippen LogP contribution < -0.4 is 10.2 Å². The fourth-order valence-electron chi connectivity index (χ4n) is 2.95. The number of para-hydroxylation sites is 1. The average molecular weight is 357 g/mol. The monoisotopic (exact) mass is 357 g/mol. The van der Waals surface area contributed by atoms with Crippen molar-refractivity contribution in [3.63, 3.8) is 0 Å². The largest absolute Gasteiger partial charge is 0.320 e. The van der Waals surface area contributed by atoms with E-state index in [0.29, 0.717) is 11.3 Å². The lowest BCUT2D eigenvalue weighted by Gasteiger charge is -2.17. The Morgan fingerprint density at radius 1 is 1.27 bits per heavy atom. The summed E-state index contributed by atoms with van der Waals surface area (Å²) in [5.74, 6) is -1.77. The summed E-state index contributed by atoms with van der Waals surface area (Å²) < 4.78 is 13.0. The van der Waals surface area contributed by atoms with Gasteiger partial charge >= 0.3 is 0 Å².